The fourth-order valence-electron chi connectivity index (χ4n) is 3.33. The average molecular weight is 558 g/mol. The highest BCUT2D eigenvalue weighted by molar-refractivity contribution is 8.01. The van der Waals surface area contributed by atoms with Crippen molar-refractivity contribution in [1.29, 1.82) is 0 Å². The molecule has 0 atom stereocenters. The minimum absolute atomic E-state index is 0.0607. The van der Waals surface area contributed by atoms with Crippen LogP contribution in [0.4, 0.5) is 9.52 Å². The van der Waals surface area contributed by atoms with Crippen LogP contribution in [-0.2, 0) is 11.3 Å². The molecule has 0 saturated carbocycles. The van der Waals surface area contributed by atoms with Gasteiger partial charge in [-0.25, -0.2) is 4.39 Å². The Kier molecular flexibility index (Phi) is 8.90. The van der Waals surface area contributed by atoms with Gasteiger partial charge in [0, 0.05) is 5.56 Å². The van der Waals surface area contributed by atoms with Crippen molar-refractivity contribution in [3.8, 4) is 5.69 Å². The number of amides is 2. The molecule has 0 bridgehead atoms. The Morgan fingerprint density at radius 2 is 1.89 bits per heavy atom. The third-order valence-corrected chi connectivity index (χ3v) is 7.84. The van der Waals surface area contributed by atoms with E-state index in [1.54, 1.807) is 11.8 Å². The van der Waals surface area contributed by atoms with Crippen molar-refractivity contribution in [2.75, 3.05) is 16.8 Å². The van der Waals surface area contributed by atoms with Gasteiger partial charge in [-0.3, -0.25) is 19.5 Å². The second-order valence-electron chi connectivity index (χ2n) is 7.86. The topological polar surface area (TPSA) is 115 Å². The number of aromatic nitrogens is 5. The third-order valence-electron chi connectivity index (χ3n) is 5.05. The lowest BCUT2D eigenvalue weighted by Gasteiger charge is -2.14. The van der Waals surface area contributed by atoms with E-state index in [2.05, 4.69) is 31.0 Å². The Morgan fingerprint density at radius 3 is 2.68 bits per heavy atom. The van der Waals surface area contributed by atoms with Crippen LogP contribution in [0.1, 0.15) is 34.2 Å². The molecule has 9 nitrogen and oxygen atoms in total. The number of hydrogen-bond donors (Lipinski definition) is 2. The van der Waals surface area contributed by atoms with Gasteiger partial charge in [-0.05, 0) is 55.0 Å². The third kappa shape index (κ3) is 6.93. The molecule has 4 rings (SSSR count). The number of anilines is 1. The first-order chi connectivity index (χ1) is 17.8. The van der Waals surface area contributed by atoms with Crippen LogP contribution in [0, 0.1) is 19.7 Å². The van der Waals surface area contributed by atoms with Gasteiger partial charge >= 0.3 is 0 Å². The standard InChI is InChI=1S/C24H24FN7O2S3/c1-4-35-24-31-29-22(37-24)27-20(33)13-36-23-30-28-19(32(23)18-10-14(2)8-9-15(18)3)12-26-21(34)16-6-5-7-17(25)11-16/h5-11H,4,12-13H2,1-3H3,(H,26,34)(H,27,29,33). The monoisotopic (exact) mass is 557 g/mol. The molecule has 0 radical (unpaired) electrons. The van der Waals surface area contributed by atoms with Crippen LogP contribution in [0.25, 0.3) is 5.69 Å². The molecular formula is C24H24FN7O2S3. The molecule has 2 aromatic heterocycles. The summed E-state index contributed by atoms with van der Waals surface area (Å²) in [7, 11) is 0. The van der Waals surface area contributed by atoms with E-state index >= 15 is 0 Å². The first kappa shape index (κ1) is 26.8. The van der Waals surface area contributed by atoms with Crippen molar-refractivity contribution in [2.45, 2.75) is 36.8 Å². The summed E-state index contributed by atoms with van der Waals surface area (Å²) in [6.07, 6.45) is 0. The predicted octanol–water partition coefficient (Wildman–Crippen LogP) is 4.65. The first-order valence-corrected chi connectivity index (χ1v) is 14.1. The Labute approximate surface area is 225 Å². The van der Waals surface area contributed by atoms with Gasteiger partial charge in [0.15, 0.2) is 15.3 Å². The van der Waals surface area contributed by atoms with Gasteiger partial charge in [-0.2, -0.15) is 0 Å². The number of aryl methyl sites for hydroxylation is 2. The summed E-state index contributed by atoms with van der Waals surface area (Å²) >= 11 is 4.11. The molecule has 2 N–H and O–H groups in total. The molecule has 0 aliphatic rings. The molecule has 0 saturated heterocycles. The van der Waals surface area contributed by atoms with E-state index < -0.39 is 11.7 Å². The van der Waals surface area contributed by atoms with Crippen molar-refractivity contribution in [2.24, 2.45) is 0 Å². The van der Waals surface area contributed by atoms with Gasteiger partial charge in [0.25, 0.3) is 5.91 Å². The predicted molar refractivity (Wildman–Crippen MR) is 144 cm³/mol. The summed E-state index contributed by atoms with van der Waals surface area (Å²) in [5.74, 6) is 0.266. The van der Waals surface area contributed by atoms with E-state index in [9.17, 15) is 14.0 Å². The molecule has 37 heavy (non-hydrogen) atoms. The Hall–Kier alpha value is -3.29. The maximum Gasteiger partial charge on any atom is 0.251 e. The van der Waals surface area contributed by atoms with Crippen LogP contribution in [0.15, 0.2) is 52.0 Å². The number of rotatable bonds is 10. The summed E-state index contributed by atoms with van der Waals surface area (Å²) in [5, 5.41) is 23.1. The Morgan fingerprint density at radius 1 is 1.05 bits per heavy atom. The lowest BCUT2D eigenvalue weighted by atomic mass is 10.1. The molecule has 0 spiro atoms. The van der Waals surface area contributed by atoms with Crippen LogP contribution in [-0.4, -0.2) is 48.3 Å². The van der Waals surface area contributed by atoms with Gasteiger partial charge in [-0.15, -0.1) is 20.4 Å². The molecule has 0 aliphatic carbocycles. The number of nitrogens with zero attached hydrogens (tertiary/aromatic N) is 5. The van der Waals surface area contributed by atoms with E-state index in [1.807, 2.05) is 43.5 Å². The maximum atomic E-state index is 13.5. The molecule has 2 heterocycles. The van der Waals surface area contributed by atoms with Gasteiger partial charge in [-0.1, -0.05) is 60.0 Å². The van der Waals surface area contributed by atoms with Gasteiger partial charge < -0.3 is 5.32 Å². The quantitative estimate of drug-likeness (QED) is 0.214. The van der Waals surface area contributed by atoms with E-state index in [0.29, 0.717) is 16.1 Å². The van der Waals surface area contributed by atoms with Crippen LogP contribution < -0.4 is 10.6 Å². The summed E-state index contributed by atoms with van der Waals surface area (Å²) in [6.45, 7) is 6.03. The molecule has 0 fully saturated rings. The zero-order chi connectivity index (χ0) is 26.4. The summed E-state index contributed by atoms with van der Waals surface area (Å²) in [6, 6.07) is 11.5. The largest absolute Gasteiger partial charge is 0.345 e. The van der Waals surface area contributed by atoms with Crippen molar-refractivity contribution < 1.29 is 14.0 Å². The highest BCUT2D eigenvalue weighted by Gasteiger charge is 2.19. The smallest absolute Gasteiger partial charge is 0.251 e. The second-order valence-corrected chi connectivity index (χ2v) is 11.3. The van der Waals surface area contributed by atoms with Gasteiger partial charge in [0.1, 0.15) is 5.82 Å². The Balaban J connectivity index is 1.52. The van der Waals surface area contributed by atoms with Crippen LogP contribution in [0.2, 0.25) is 0 Å². The molecule has 0 aliphatic heterocycles. The number of carbonyl (C=O) groups excluding carboxylic acids is 2. The maximum absolute atomic E-state index is 13.5. The minimum atomic E-state index is -0.489. The SMILES string of the molecule is CCSc1nnc(NC(=O)CSc2nnc(CNC(=O)c3cccc(F)c3)n2-c2cc(C)ccc2C)s1. The van der Waals surface area contributed by atoms with Gasteiger partial charge in [0.05, 0.1) is 18.0 Å². The number of nitrogens with one attached hydrogen (secondary N) is 2. The number of hydrogen-bond acceptors (Lipinski definition) is 9. The van der Waals surface area contributed by atoms with Crippen molar-refractivity contribution in [3.63, 3.8) is 0 Å². The highest BCUT2D eigenvalue weighted by atomic mass is 32.2. The highest BCUT2D eigenvalue weighted by Crippen LogP contribution is 2.27. The Bertz CT molecular complexity index is 1420. The van der Waals surface area contributed by atoms with Crippen molar-refractivity contribution >= 4 is 51.8 Å². The zero-order valence-electron chi connectivity index (χ0n) is 20.3. The van der Waals surface area contributed by atoms with Crippen molar-refractivity contribution in [3.05, 3.63) is 70.8 Å². The second kappa shape index (κ2) is 12.3. The van der Waals surface area contributed by atoms with E-state index in [1.165, 1.54) is 47.4 Å². The molecule has 2 aromatic carbocycles. The summed E-state index contributed by atoms with van der Waals surface area (Å²) < 4.78 is 16.2. The fourth-order valence-corrected chi connectivity index (χ4v) is 5.76. The zero-order valence-corrected chi connectivity index (χ0v) is 22.8. The number of thioether (sulfide) groups is 2. The minimum Gasteiger partial charge on any atom is -0.345 e. The molecule has 2 amide bonds. The van der Waals surface area contributed by atoms with E-state index in [4.69, 9.17) is 0 Å². The molecule has 13 heteroatoms. The molecule has 192 valence electrons. The molecular weight excluding hydrogens is 534 g/mol. The van der Waals surface area contributed by atoms with Crippen LogP contribution in [0.3, 0.4) is 0 Å². The van der Waals surface area contributed by atoms with Crippen LogP contribution in [0.5, 0.6) is 0 Å². The van der Waals surface area contributed by atoms with Gasteiger partial charge in [0.2, 0.25) is 11.0 Å². The van der Waals surface area contributed by atoms with E-state index in [-0.39, 0.29) is 23.8 Å². The lowest BCUT2D eigenvalue weighted by Crippen LogP contribution is -2.25. The lowest BCUT2D eigenvalue weighted by molar-refractivity contribution is -0.113. The molecule has 4 aromatic rings. The average Bonchev–Trinajstić information content (AvgIpc) is 3.49. The summed E-state index contributed by atoms with van der Waals surface area (Å²) in [4.78, 5) is 25.2. The first-order valence-electron chi connectivity index (χ1n) is 11.3. The van der Waals surface area contributed by atoms with Crippen molar-refractivity contribution in [1.82, 2.24) is 30.3 Å². The number of benzene rings is 2. The summed E-state index contributed by atoms with van der Waals surface area (Å²) in [5.41, 5.74) is 3.06. The number of carbonyl (C=O) groups is 2. The normalized spacial score (nSPS) is 10.9. The fraction of sp³-hybridized carbons (Fsp3) is 0.250. The molecule has 0 unspecified atom stereocenters. The van der Waals surface area contributed by atoms with Crippen LogP contribution >= 0.6 is 34.9 Å². The van der Waals surface area contributed by atoms with E-state index in [0.717, 1.165) is 26.9 Å². The number of halogens is 1.